The van der Waals surface area contributed by atoms with Crippen molar-refractivity contribution in [3.63, 3.8) is 0 Å². The molecule has 0 bridgehead atoms. The molecule has 0 heterocycles. The van der Waals surface area contributed by atoms with Crippen LogP contribution in [-0.4, -0.2) is 34.1 Å². The zero-order valence-electron chi connectivity index (χ0n) is 12.2. The Morgan fingerprint density at radius 1 is 1.09 bits per heavy atom. The fourth-order valence-corrected chi connectivity index (χ4v) is 2.32. The molecule has 0 aromatic heterocycles. The molecular formula is C15H17ClN2O4. The third-order valence-electron chi connectivity index (χ3n) is 3.47. The lowest BCUT2D eigenvalue weighted by atomic mass is 9.80. The summed E-state index contributed by atoms with van der Waals surface area (Å²) < 4.78 is 6.47. The first-order valence-electron chi connectivity index (χ1n) is 6.47. The lowest BCUT2D eigenvalue weighted by Crippen LogP contribution is -2.46. The van der Waals surface area contributed by atoms with Crippen LogP contribution in [0, 0.1) is 0 Å². The molecule has 1 aromatic rings. The molecule has 6 nitrogen and oxygen atoms in total. The van der Waals surface area contributed by atoms with Crippen molar-refractivity contribution in [2.75, 3.05) is 0 Å². The van der Waals surface area contributed by atoms with Gasteiger partial charge in [-0.25, -0.2) is 0 Å². The van der Waals surface area contributed by atoms with Gasteiger partial charge >= 0.3 is 0 Å². The van der Waals surface area contributed by atoms with Gasteiger partial charge in [0.15, 0.2) is 17.3 Å². The molecule has 0 amide bonds. The van der Waals surface area contributed by atoms with Crippen molar-refractivity contribution in [2.24, 2.45) is 11.5 Å². The zero-order valence-corrected chi connectivity index (χ0v) is 12.9. The molecular weight excluding hydrogens is 308 g/mol. The monoisotopic (exact) mass is 324 g/mol. The normalized spacial score (nSPS) is 16.5. The summed E-state index contributed by atoms with van der Waals surface area (Å²) in [7, 11) is 0. The first-order valence-corrected chi connectivity index (χ1v) is 6.81. The number of nitrogens with two attached hydrogens (primary N) is 2. The molecule has 5 N–H and O–H groups in total. The molecule has 0 saturated carbocycles. The van der Waals surface area contributed by atoms with E-state index in [1.807, 2.05) is 0 Å². The molecule has 1 unspecified atom stereocenters. The number of hydrogen-bond donors (Lipinski definition) is 3. The van der Waals surface area contributed by atoms with E-state index in [1.165, 1.54) is 13.8 Å². The first kappa shape index (κ1) is 18.2. The largest absolute Gasteiger partial charge is 0.322 e. The molecule has 0 saturated heterocycles. The lowest BCUT2D eigenvalue weighted by molar-refractivity contribution is -0.120. The van der Waals surface area contributed by atoms with Crippen LogP contribution in [0.1, 0.15) is 34.6 Å². The van der Waals surface area contributed by atoms with Crippen LogP contribution >= 0.6 is 11.9 Å². The van der Waals surface area contributed by atoms with Gasteiger partial charge in [-0.15, -0.1) is 0 Å². The van der Waals surface area contributed by atoms with Gasteiger partial charge in [0.2, 0.25) is 0 Å². The van der Waals surface area contributed by atoms with Crippen molar-refractivity contribution < 1.29 is 19.0 Å². The highest BCUT2D eigenvalue weighted by Gasteiger charge is 2.35. The van der Waals surface area contributed by atoms with Gasteiger partial charge in [0.25, 0.3) is 0 Å². The first-order chi connectivity index (χ1) is 10.4. The summed E-state index contributed by atoms with van der Waals surface area (Å²) in [6.07, 6.45) is 0. The molecule has 0 spiro atoms. The molecule has 0 fully saturated rings. The number of fused-ring (bicyclic) bond motifs is 1. The zero-order chi connectivity index (χ0) is 17.0. The minimum Gasteiger partial charge on any atom is -0.322 e. The van der Waals surface area contributed by atoms with E-state index in [2.05, 4.69) is 11.9 Å². The number of carbonyl (C=O) groups excluding carboxylic acids is 3. The minimum absolute atomic E-state index is 0.0519. The van der Waals surface area contributed by atoms with Gasteiger partial charge < -0.3 is 11.5 Å². The molecule has 0 aliphatic heterocycles. The van der Waals surface area contributed by atoms with Gasteiger partial charge in [-0.05, 0) is 13.8 Å². The van der Waals surface area contributed by atoms with E-state index in [1.54, 1.807) is 24.3 Å². The topological polar surface area (TPSA) is 123 Å². The van der Waals surface area contributed by atoms with Crippen LogP contribution in [0.4, 0.5) is 0 Å². The third-order valence-corrected chi connectivity index (χ3v) is 3.47. The summed E-state index contributed by atoms with van der Waals surface area (Å²) in [5.74, 6) is -1.11. The second kappa shape index (κ2) is 7.42. The van der Waals surface area contributed by atoms with Crippen molar-refractivity contribution in [1.82, 2.24) is 0 Å². The van der Waals surface area contributed by atoms with E-state index < -0.39 is 17.9 Å². The van der Waals surface area contributed by atoms with Gasteiger partial charge in [-0.2, -0.15) is 0 Å². The number of halogens is 1. The van der Waals surface area contributed by atoms with Crippen LogP contribution in [0.3, 0.4) is 0 Å². The highest BCUT2D eigenvalue weighted by Crippen LogP contribution is 2.27. The predicted octanol–water partition coefficient (Wildman–Crippen LogP) is 0.758. The van der Waals surface area contributed by atoms with E-state index in [0.717, 1.165) is 0 Å². The van der Waals surface area contributed by atoms with Gasteiger partial charge in [0.05, 0.1) is 23.9 Å². The van der Waals surface area contributed by atoms with Crippen LogP contribution in [0.15, 0.2) is 35.4 Å². The Bertz CT molecular complexity index is 653. The fraction of sp³-hybridized carbons (Fsp3) is 0.267. The number of carbonyl (C=O) groups is 3. The Morgan fingerprint density at radius 3 is 2.00 bits per heavy atom. The van der Waals surface area contributed by atoms with Crippen molar-refractivity contribution >= 4 is 29.2 Å². The van der Waals surface area contributed by atoms with E-state index in [9.17, 15) is 14.4 Å². The third kappa shape index (κ3) is 3.15. The van der Waals surface area contributed by atoms with Crippen LogP contribution in [0.2, 0.25) is 0 Å². The van der Waals surface area contributed by atoms with E-state index in [4.69, 9.17) is 16.1 Å². The smallest absolute Gasteiger partial charge is 0.192 e. The van der Waals surface area contributed by atoms with Gasteiger partial charge in [-0.1, -0.05) is 24.3 Å². The summed E-state index contributed by atoms with van der Waals surface area (Å²) in [4.78, 5) is 36.6. The van der Waals surface area contributed by atoms with Crippen molar-refractivity contribution in [1.29, 1.82) is 0 Å². The molecule has 1 aliphatic carbocycles. The average Bonchev–Trinajstić information content (AvgIpc) is 2.53. The quantitative estimate of drug-likeness (QED) is 0.754. The van der Waals surface area contributed by atoms with Crippen molar-refractivity contribution in [2.45, 2.75) is 25.9 Å². The summed E-state index contributed by atoms with van der Waals surface area (Å²) in [5.41, 5.74) is 12.2. The molecule has 1 aromatic carbocycles. The molecule has 7 heteroatoms. The molecule has 118 valence electrons. The molecule has 0 radical (unpaired) electrons. The summed E-state index contributed by atoms with van der Waals surface area (Å²) in [5, 5.41) is 0. The van der Waals surface area contributed by atoms with Crippen LogP contribution in [-0.2, 0) is 4.79 Å². The Hall–Kier alpha value is -1.86. The second-order valence-electron chi connectivity index (χ2n) is 4.91. The minimum atomic E-state index is -1.17. The van der Waals surface area contributed by atoms with Crippen LogP contribution in [0.25, 0.3) is 0 Å². The number of ketones is 3. The summed E-state index contributed by atoms with van der Waals surface area (Å²) >= 11 is 3.64. The summed E-state index contributed by atoms with van der Waals surface area (Å²) in [6.45, 7) is 3.01. The summed E-state index contributed by atoms with van der Waals surface area (Å²) in [6, 6.07) is 4.56. The molecule has 2 atom stereocenters. The van der Waals surface area contributed by atoms with Gasteiger partial charge in [0, 0.05) is 22.3 Å². The molecule has 1 aliphatic rings. The Morgan fingerprint density at radius 2 is 1.55 bits per heavy atom. The van der Waals surface area contributed by atoms with E-state index >= 15 is 0 Å². The SMILES string of the molecule is CC1=C(C(N)C(=O)[C@H](C)N)C(=O)c2ccccc2C1=O.OCl. The van der Waals surface area contributed by atoms with Crippen molar-refractivity contribution in [3.8, 4) is 0 Å². The standard InChI is InChI=1S/C15H16N2O3.ClHO/c1-7-11(12(17)14(19)8(2)16)15(20)10-6-4-3-5-9(10)13(7)18;1-2/h3-6,8,12H,16-17H2,1-2H3;2H/t8-,12?;/m0./s1. The number of hydrogen-bond acceptors (Lipinski definition) is 6. The number of Topliss-reactive ketones (excluding diaryl/α,β-unsaturated/α-hetero) is 3. The maximum absolute atomic E-state index is 12.5. The Kier molecular flexibility index (Phi) is 6.13. The fourth-order valence-electron chi connectivity index (χ4n) is 2.32. The number of rotatable bonds is 3. The molecule has 22 heavy (non-hydrogen) atoms. The number of allylic oxidation sites excluding steroid dienone is 1. The van der Waals surface area contributed by atoms with Crippen LogP contribution in [0.5, 0.6) is 0 Å². The maximum Gasteiger partial charge on any atom is 0.192 e. The maximum atomic E-state index is 12.5. The highest BCUT2D eigenvalue weighted by atomic mass is 35.5. The average molecular weight is 325 g/mol. The second-order valence-corrected chi connectivity index (χ2v) is 4.91. The van der Waals surface area contributed by atoms with E-state index in [0.29, 0.717) is 5.56 Å². The van der Waals surface area contributed by atoms with Crippen molar-refractivity contribution in [3.05, 3.63) is 46.5 Å². The lowest BCUT2D eigenvalue weighted by Gasteiger charge is -2.23. The highest BCUT2D eigenvalue weighted by molar-refractivity contribution is 6.28. The van der Waals surface area contributed by atoms with E-state index in [-0.39, 0.29) is 28.3 Å². The Balaban J connectivity index is 0.00000116. The molecule has 2 rings (SSSR count). The van der Waals surface area contributed by atoms with Crippen LogP contribution < -0.4 is 11.5 Å². The number of benzene rings is 1. The van der Waals surface area contributed by atoms with Gasteiger partial charge in [-0.3, -0.25) is 19.0 Å². The Labute approximate surface area is 132 Å². The predicted molar refractivity (Wildman–Crippen MR) is 82.5 cm³/mol. The van der Waals surface area contributed by atoms with Gasteiger partial charge in [0.1, 0.15) is 0 Å².